The first-order valence-electron chi connectivity index (χ1n) is 7.05. The lowest BCUT2D eigenvalue weighted by Gasteiger charge is -2.21. The summed E-state index contributed by atoms with van der Waals surface area (Å²) in [6.45, 7) is 7.71. The first-order valence-corrected chi connectivity index (χ1v) is 8.17. The van der Waals surface area contributed by atoms with Crippen molar-refractivity contribution in [2.45, 2.75) is 33.6 Å². The standard InChI is InChI=1S/C16H24BrNO2/c1-4-5-10-20-14-8-6-13(7-9-14)15(19)18-12-16(2,3)11-17/h6-9H,4-5,10-12H2,1-3H3,(H,18,19). The van der Waals surface area contributed by atoms with Crippen LogP contribution in [0.1, 0.15) is 44.0 Å². The lowest BCUT2D eigenvalue weighted by Crippen LogP contribution is -2.34. The van der Waals surface area contributed by atoms with E-state index in [-0.39, 0.29) is 11.3 Å². The quantitative estimate of drug-likeness (QED) is 0.572. The van der Waals surface area contributed by atoms with Crippen molar-refractivity contribution in [3.63, 3.8) is 0 Å². The maximum absolute atomic E-state index is 12.0. The van der Waals surface area contributed by atoms with Gasteiger partial charge in [-0.3, -0.25) is 4.79 Å². The van der Waals surface area contributed by atoms with Crippen LogP contribution in [-0.2, 0) is 0 Å². The fraction of sp³-hybridized carbons (Fsp3) is 0.562. The Balaban J connectivity index is 2.49. The monoisotopic (exact) mass is 341 g/mol. The van der Waals surface area contributed by atoms with Crippen molar-refractivity contribution in [2.24, 2.45) is 5.41 Å². The van der Waals surface area contributed by atoms with Crippen molar-refractivity contribution < 1.29 is 9.53 Å². The number of alkyl halides is 1. The van der Waals surface area contributed by atoms with Gasteiger partial charge in [0.2, 0.25) is 0 Å². The molecule has 0 heterocycles. The molecule has 0 unspecified atom stereocenters. The summed E-state index contributed by atoms with van der Waals surface area (Å²) in [5, 5.41) is 3.80. The topological polar surface area (TPSA) is 38.3 Å². The van der Waals surface area contributed by atoms with Gasteiger partial charge in [0.1, 0.15) is 5.75 Å². The third-order valence-electron chi connectivity index (χ3n) is 2.97. The van der Waals surface area contributed by atoms with Crippen molar-refractivity contribution in [1.82, 2.24) is 5.32 Å². The van der Waals surface area contributed by atoms with Crippen molar-refractivity contribution in [3.8, 4) is 5.75 Å². The second-order valence-corrected chi connectivity index (χ2v) is 6.27. The summed E-state index contributed by atoms with van der Waals surface area (Å²) in [6, 6.07) is 7.30. The molecule has 0 aliphatic heterocycles. The lowest BCUT2D eigenvalue weighted by atomic mass is 9.97. The van der Waals surface area contributed by atoms with Crippen LogP contribution in [0.2, 0.25) is 0 Å². The molecule has 112 valence electrons. The maximum Gasteiger partial charge on any atom is 0.251 e. The van der Waals surface area contributed by atoms with E-state index in [1.54, 1.807) is 12.1 Å². The molecule has 1 amide bonds. The van der Waals surface area contributed by atoms with E-state index in [0.717, 1.165) is 30.5 Å². The van der Waals surface area contributed by atoms with E-state index in [0.29, 0.717) is 12.1 Å². The summed E-state index contributed by atoms with van der Waals surface area (Å²) in [7, 11) is 0. The predicted molar refractivity (Wildman–Crippen MR) is 86.8 cm³/mol. The molecular formula is C16H24BrNO2. The highest BCUT2D eigenvalue weighted by Gasteiger charge is 2.17. The molecule has 1 N–H and O–H groups in total. The zero-order valence-electron chi connectivity index (χ0n) is 12.5. The van der Waals surface area contributed by atoms with Crippen LogP contribution in [0.5, 0.6) is 5.75 Å². The van der Waals surface area contributed by atoms with Gasteiger partial charge in [-0.05, 0) is 36.1 Å². The molecule has 0 spiro atoms. The van der Waals surface area contributed by atoms with Crippen LogP contribution in [0.4, 0.5) is 0 Å². The Kier molecular flexibility index (Phi) is 7.06. The number of benzene rings is 1. The molecule has 1 aromatic carbocycles. The molecule has 0 aromatic heterocycles. The van der Waals surface area contributed by atoms with Crippen LogP contribution >= 0.6 is 15.9 Å². The average molecular weight is 342 g/mol. The van der Waals surface area contributed by atoms with Gasteiger partial charge in [-0.25, -0.2) is 0 Å². The van der Waals surface area contributed by atoms with Crippen LogP contribution in [0, 0.1) is 5.41 Å². The van der Waals surface area contributed by atoms with Crippen LogP contribution in [0.15, 0.2) is 24.3 Å². The molecular weight excluding hydrogens is 318 g/mol. The fourth-order valence-electron chi connectivity index (χ4n) is 1.51. The number of ether oxygens (including phenoxy) is 1. The number of hydrogen-bond acceptors (Lipinski definition) is 2. The molecule has 0 saturated heterocycles. The molecule has 4 heteroatoms. The summed E-state index contributed by atoms with van der Waals surface area (Å²) >= 11 is 3.45. The Bertz CT molecular complexity index is 415. The van der Waals surface area contributed by atoms with E-state index in [9.17, 15) is 4.79 Å². The molecule has 0 aliphatic carbocycles. The van der Waals surface area contributed by atoms with Crippen LogP contribution < -0.4 is 10.1 Å². The minimum atomic E-state index is -0.0425. The molecule has 0 radical (unpaired) electrons. The van der Waals surface area contributed by atoms with E-state index in [1.807, 2.05) is 12.1 Å². The van der Waals surface area contributed by atoms with Crippen LogP contribution in [0.3, 0.4) is 0 Å². The summed E-state index contributed by atoms with van der Waals surface area (Å²) in [6.07, 6.45) is 2.16. The van der Waals surface area contributed by atoms with Gasteiger partial charge in [0.15, 0.2) is 0 Å². The van der Waals surface area contributed by atoms with Gasteiger partial charge in [0.25, 0.3) is 5.91 Å². The van der Waals surface area contributed by atoms with E-state index in [4.69, 9.17) is 4.74 Å². The summed E-state index contributed by atoms with van der Waals surface area (Å²) in [5.74, 6) is 0.773. The zero-order valence-corrected chi connectivity index (χ0v) is 14.1. The third kappa shape index (κ3) is 5.95. The van der Waals surface area contributed by atoms with Crippen molar-refractivity contribution in [1.29, 1.82) is 0 Å². The number of carbonyl (C=O) groups is 1. The molecule has 0 atom stereocenters. The first-order chi connectivity index (χ1) is 9.48. The van der Waals surface area contributed by atoms with Crippen molar-refractivity contribution >= 4 is 21.8 Å². The van der Waals surface area contributed by atoms with Crippen LogP contribution in [-0.4, -0.2) is 24.4 Å². The number of unbranched alkanes of at least 4 members (excludes halogenated alkanes) is 1. The molecule has 0 fully saturated rings. The highest BCUT2D eigenvalue weighted by atomic mass is 79.9. The highest BCUT2D eigenvalue weighted by molar-refractivity contribution is 9.09. The molecule has 0 saturated carbocycles. The summed E-state index contributed by atoms with van der Waals surface area (Å²) in [4.78, 5) is 12.0. The van der Waals surface area contributed by atoms with Gasteiger partial charge in [0, 0.05) is 17.4 Å². The second kappa shape index (κ2) is 8.30. The van der Waals surface area contributed by atoms with Gasteiger partial charge in [-0.15, -0.1) is 0 Å². The van der Waals surface area contributed by atoms with Crippen molar-refractivity contribution in [3.05, 3.63) is 29.8 Å². The van der Waals surface area contributed by atoms with Gasteiger partial charge in [0.05, 0.1) is 6.61 Å². The summed E-state index contributed by atoms with van der Waals surface area (Å²) < 4.78 is 5.57. The lowest BCUT2D eigenvalue weighted by molar-refractivity contribution is 0.0940. The number of halogens is 1. The van der Waals surface area contributed by atoms with Gasteiger partial charge >= 0.3 is 0 Å². The Labute approximate surface area is 130 Å². The molecule has 20 heavy (non-hydrogen) atoms. The predicted octanol–water partition coefficient (Wildman–Crippen LogP) is 4.02. The molecule has 1 rings (SSSR count). The van der Waals surface area contributed by atoms with E-state index in [2.05, 4.69) is 42.0 Å². The normalized spacial score (nSPS) is 11.2. The molecule has 3 nitrogen and oxygen atoms in total. The average Bonchev–Trinajstić information content (AvgIpc) is 2.46. The largest absolute Gasteiger partial charge is 0.494 e. The fourth-order valence-corrected chi connectivity index (χ4v) is 1.70. The smallest absolute Gasteiger partial charge is 0.251 e. The molecule has 0 aliphatic rings. The van der Waals surface area contributed by atoms with Gasteiger partial charge < -0.3 is 10.1 Å². The SMILES string of the molecule is CCCCOc1ccc(C(=O)NCC(C)(C)CBr)cc1. The Hall–Kier alpha value is -1.03. The Morgan fingerprint density at radius 3 is 2.50 bits per heavy atom. The van der Waals surface area contributed by atoms with E-state index < -0.39 is 0 Å². The third-order valence-corrected chi connectivity index (χ3v) is 4.49. The highest BCUT2D eigenvalue weighted by Crippen LogP contribution is 2.17. The van der Waals surface area contributed by atoms with Gasteiger partial charge in [-0.2, -0.15) is 0 Å². The maximum atomic E-state index is 12.0. The van der Waals surface area contributed by atoms with Gasteiger partial charge in [-0.1, -0.05) is 43.1 Å². The van der Waals surface area contributed by atoms with Crippen molar-refractivity contribution in [2.75, 3.05) is 18.5 Å². The van der Waals surface area contributed by atoms with E-state index in [1.165, 1.54) is 0 Å². The number of rotatable bonds is 8. The minimum Gasteiger partial charge on any atom is -0.494 e. The molecule has 0 bridgehead atoms. The molecule has 1 aromatic rings. The number of carbonyl (C=O) groups excluding carboxylic acids is 1. The van der Waals surface area contributed by atoms with Crippen LogP contribution in [0.25, 0.3) is 0 Å². The number of amides is 1. The summed E-state index contributed by atoms with van der Waals surface area (Å²) in [5.41, 5.74) is 0.719. The second-order valence-electron chi connectivity index (χ2n) is 5.71. The zero-order chi connectivity index (χ0) is 15.0. The number of hydrogen-bond donors (Lipinski definition) is 1. The Morgan fingerprint density at radius 2 is 1.95 bits per heavy atom. The number of nitrogens with one attached hydrogen (secondary N) is 1. The van der Waals surface area contributed by atoms with E-state index >= 15 is 0 Å². The Morgan fingerprint density at radius 1 is 1.30 bits per heavy atom. The first kappa shape index (κ1) is 17.0. The minimum absolute atomic E-state index is 0.0425.